The number of amides is 1. The maximum Gasteiger partial charge on any atom is 0.239 e. The van der Waals surface area contributed by atoms with Crippen LogP contribution in [0.2, 0.25) is 0 Å². The number of nitrogens with zero attached hydrogens (tertiary/aromatic N) is 2. The van der Waals surface area contributed by atoms with Crippen LogP contribution in [0.5, 0.6) is 0 Å². The van der Waals surface area contributed by atoms with Gasteiger partial charge in [-0.05, 0) is 12.8 Å². The van der Waals surface area contributed by atoms with Crippen LogP contribution in [0.25, 0.3) is 0 Å². The van der Waals surface area contributed by atoms with Crippen molar-refractivity contribution in [2.24, 2.45) is 11.7 Å². The Labute approximate surface area is 96.0 Å². The quantitative estimate of drug-likeness (QED) is 0.763. The predicted molar refractivity (Wildman–Crippen MR) is 64.0 cm³/mol. The Hall–Kier alpha value is -1.52. The molecular formula is C11H20N4O. The molecule has 0 aliphatic rings. The van der Waals surface area contributed by atoms with Gasteiger partial charge in [0.15, 0.2) is 0 Å². The number of carbonyl (C=O) groups excluding carboxylic acids is 1. The number of anilines is 1. The molecule has 0 fully saturated rings. The van der Waals surface area contributed by atoms with Crippen molar-refractivity contribution >= 4 is 11.7 Å². The van der Waals surface area contributed by atoms with Gasteiger partial charge in [-0.3, -0.25) is 9.48 Å². The van der Waals surface area contributed by atoms with Gasteiger partial charge < -0.3 is 11.1 Å². The molecular weight excluding hydrogens is 204 g/mol. The average molecular weight is 224 g/mol. The maximum atomic E-state index is 10.7. The molecule has 1 heterocycles. The number of primary amides is 1. The lowest BCUT2D eigenvalue weighted by atomic mass is 10.0. The number of carbonyl (C=O) groups is 1. The SMILES string of the molecule is CCC(C)C(C)Nc1ccn(CC(N)=O)n1. The van der Waals surface area contributed by atoms with Crippen LogP contribution in [0.15, 0.2) is 12.3 Å². The highest BCUT2D eigenvalue weighted by atomic mass is 16.1. The highest BCUT2D eigenvalue weighted by Crippen LogP contribution is 2.12. The molecule has 0 aliphatic heterocycles. The smallest absolute Gasteiger partial charge is 0.239 e. The van der Waals surface area contributed by atoms with Crippen LogP contribution in [0.1, 0.15) is 27.2 Å². The van der Waals surface area contributed by atoms with Crippen LogP contribution in [0.4, 0.5) is 5.82 Å². The molecule has 0 saturated heterocycles. The second kappa shape index (κ2) is 5.53. The Balaban J connectivity index is 2.54. The number of hydrogen-bond donors (Lipinski definition) is 2. The predicted octanol–water partition coefficient (Wildman–Crippen LogP) is 1.21. The number of rotatable bonds is 6. The minimum absolute atomic E-state index is 0.124. The lowest BCUT2D eigenvalue weighted by molar-refractivity contribution is -0.118. The first-order chi connectivity index (χ1) is 7.52. The summed E-state index contributed by atoms with van der Waals surface area (Å²) in [7, 11) is 0. The van der Waals surface area contributed by atoms with E-state index in [9.17, 15) is 4.79 Å². The van der Waals surface area contributed by atoms with Crippen molar-refractivity contribution in [2.45, 2.75) is 39.8 Å². The molecule has 16 heavy (non-hydrogen) atoms. The molecule has 1 aromatic heterocycles. The van der Waals surface area contributed by atoms with Crippen LogP contribution in [-0.2, 0) is 11.3 Å². The zero-order valence-electron chi connectivity index (χ0n) is 10.1. The van der Waals surface area contributed by atoms with E-state index >= 15 is 0 Å². The van der Waals surface area contributed by atoms with Gasteiger partial charge in [-0.2, -0.15) is 5.10 Å². The molecule has 0 saturated carbocycles. The topological polar surface area (TPSA) is 72.9 Å². The Kier molecular flexibility index (Phi) is 4.34. The fourth-order valence-corrected chi connectivity index (χ4v) is 1.42. The van der Waals surface area contributed by atoms with E-state index in [4.69, 9.17) is 5.73 Å². The van der Waals surface area contributed by atoms with E-state index in [0.717, 1.165) is 12.2 Å². The van der Waals surface area contributed by atoms with Crippen LogP contribution in [-0.4, -0.2) is 21.7 Å². The standard InChI is InChI=1S/C11H20N4O/c1-4-8(2)9(3)13-11-5-6-15(14-11)7-10(12)16/h5-6,8-9H,4,7H2,1-3H3,(H2,12,16)(H,13,14). The molecule has 5 nitrogen and oxygen atoms in total. The fraction of sp³-hybridized carbons (Fsp3) is 0.636. The minimum atomic E-state index is -0.385. The van der Waals surface area contributed by atoms with E-state index < -0.39 is 0 Å². The number of aromatic nitrogens is 2. The summed E-state index contributed by atoms with van der Waals surface area (Å²) < 4.78 is 1.54. The summed E-state index contributed by atoms with van der Waals surface area (Å²) in [5.41, 5.74) is 5.08. The Morgan fingerprint density at radius 1 is 1.62 bits per heavy atom. The molecule has 1 aromatic rings. The van der Waals surface area contributed by atoms with E-state index in [1.165, 1.54) is 4.68 Å². The van der Waals surface area contributed by atoms with Crippen LogP contribution in [0, 0.1) is 5.92 Å². The third-order valence-electron chi connectivity index (χ3n) is 2.83. The molecule has 90 valence electrons. The molecule has 3 N–H and O–H groups in total. The molecule has 0 aromatic carbocycles. The summed E-state index contributed by atoms with van der Waals surface area (Å²) in [5.74, 6) is 0.986. The fourth-order valence-electron chi connectivity index (χ4n) is 1.42. The average Bonchev–Trinajstić information content (AvgIpc) is 2.63. The minimum Gasteiger partial charge on any atom is -0.368 e. The van der Waals surface area contributed by atoms with Crippen molar-refractivity contribution in [2.75, 3.05) is 5.32 Å². The van der Waals surface area contributed by atoms with Gasteiger partial charge in [0.25, 0.3) is 0 Å². The zero-order chi connectivity index (χ0) is 12.1. The van der Waals surface area contributed by atoms with Crippen molar-refractivity contribution in [3.63, 3.8) is 0 Å². The molecule has 2 atom stereocenters. The zero-order valence-corrected chi connectivity index (χ0v) is 10.1. The van der Waals surface area contributed by atoms with E-state index in [2.05, 4.69) is 31.2 Å². The van der Waals surface area contributed by atoms with Gasteiger partial charge in [-0.25, -0.2) is 0 Å². The summed E-state index contributed by atoms with van der Waals surface area (Å²) in [6, 6.07) is 2.21. The first kappa shape index (κ1) is 12.5. The Bertz CT molecular complexity index is 348. The highest BCUT2D eigenvalue weighted by molar-refractivity contribution is 5.73. The normalized spacial score (nSPS) is 14.4. The van der Waals surface area contributed by atoms with E-state index in [-0.39, 0.29) is 12.5 Å². The first-order valence-electron chi connectivity index (χ1n) is 5.61. The van der Waals surface area contributed by atoms with Crippen molar-refractivity contribution < 1.29 is 4.79 Å². The van der Waals surface area contributed by atoms with E-state index in [1.807, 2.05) is 6.07 Å². The van der Waals surface area contributed by atoms with E-state index in [0.29, 0.717) is 12.0 Å². The molecule has 2 unspecified atom stereocenters. The van der Waals surface area contributed by atoms with Gasteiger partial charge in [0, 0.05) is 18.3 Å². The highest BCUT2D eigenvalue weighted by Gasteiger charge is 2.11. The lowest BCUT2D eigenvalue weighted by Crippen LogP contribution is -2.24. The molecule has 1 amide bonds. The summed E-state index contributed by atoms with van der Waals surface area (Å²) in [5, 5.41) is 7.51. The largest absolute Gasteiger partial charge is 0.368 e. The second-order valence-corrected chi connectivity index (χ2v) is 4.18. The van der Waals surface area contributed by atoms with E-state index in [1.54, 1.807) is 6.20 Å². The first-order valence-corrected chi connectivity index (χ1v) is 5.61. The molecule has 0 aliphatic carbocycles. The van der Waals surface area contributed by atoms with Crippen molar-refractivity contribution in [1.82, 2.24) is 9.78 Å². The molecule has 5 heteroatoms. The van der Waals surface area contributed by atoms with Gasteiger partial charge in [-0.1, -0.05) is 20.3 Å². The molecule has 0 radical (unpaired) electrons. The lowest BCUT2D eigenvalue weighted by Gasteiger charge is -2.19. The van der Waals surface area contributed by atoms with Crippen molar-refractivity contribution in [1.29, 1.82) is 0 Å². The third kappa shape index (κ3) is 3.56. The summed E-state index contributed by atoms with van der Waals surface area (Å²) in [6.07, 6.45) is 2.87. The third-order valence-corrected chi connectivity index (χ3v) is 2.83. The Morgan fingerprint density at radius 2 is 2.31 bits per heavy atom. The van der Waals surface area contributed by atoms with Gasteiger partial charge in [-0.15, -0.1) is 0 Å². The monoisotopic (exact) mass is 224 g/mol. The number of nitrogens with two attached hydrogens (primary N) is 1. The summed E-state index contributed by atoms with van der Waals surface area (Å²) in [6.45, 7) is 6.60. The van der Waals surface area contributed by atoms with Crippen LogP contribution < -0.4 is 11.1 Å². The van der Waals surface area contributed by atoms with Crippen LogP contribution >= 0.6 is 0 Å². The van der Waals surface area contributed by atoms with Crippen molar-refractivity contribution in [3.05, 3.63) is 12.3 Å². The van der Waals surface area contributed by atoms with Crippen molar-refractivity contribution in [3.8, 4) is 0 Å². The second-order valence-electron chi connectivity index (χ2n) is 4.18. The van der Waals surface area contributed by atoms with Crippen LogP contribution in [0.3, 0.4) is 0 Å². The van der Waals surface area contributed by atoms with Gasteiger partial charge in [0.1, 0.15) is 12.4 Å². The molecule has 0 spiro atoms. The number of nitrogens with one attached hydrogen (secondary N) is 1. The maximum absolute atomic E-state index is 10.7. The van der Waals surface area contributed by atoms with Gasteiger partial charge in [0.2, 0.25) is 5.91 Å². The number of hydrogen-bond acceptors (Lipinski definition) is 3. The van der Waals surface area contributed by atoms with Gasteiger partial charge >= 0.3 is 0 Å². The Morgan fingerprint density at radius 3 is 2.88 bits per heavy atom. The summed E-state index contributed by atoms with van der Waals surface area (Å²) in [4.78, 5) is 10.7. The molecule has 1 rings (SSSR count). The molecule has 0 bridgehead atoms. The van der Waals surface area contributed by atoms with Gasteiger partial charge in [0.05, 0.1) is 0 Å². The summed E-state index contributed by atoms with van der Waals surface area (Å²) >= 11 is 0.